The van der Waals surface area contributed by atoms with Crippen LogP contribution in [0.15, 0.2) is 67.0 Å². The van der Waals surface area contributed by atoms with Gasteiger partial charge >= 0.3 is 25.8 Å². The Morgan fingerprint density at radius 3 is 2.06 bits per heavy atom. The lowest BCUT2D eigenvalue weighted by Gasteiger charge is -2.31. The minimum Gasteiger partial charge on any atom is -0.461 e. The van der Waals surface area contributed by atoms with Crippen LogP contribution in [0.2, 0.25) is 0 Å². The van der Waals surface area contributed by atoms with Crippen LogP contribution in [0, 0.1) is 18.4 Å². The Hall–Kier alpha value is -4.87. The first-order chi connectivity index (χ1) is 33.0. The molecule has 372 valence electrons. The molecule has 2 aromatic carbocycles. The summed E-state index contributed by atoms with van der Waals surface area (Å²) >= 11 is 0. The highest BCUT2D eigenvalue weighted by atomic mass is 31.2. The zero-order valence-corrected chi connectivity index (χ0v) is 41.4. The Kier molecular flexibility index (Phi) is 22.7. The highest BCUT2D eigenvalue weighted by Crippen LogP contribution is 2.49. The Labute approximate surface area is 403 Å². The molecule has 3 heterocycles. The topological polar surface area (TPSA) is 179 Å². The molecule has 5 rings (SSSR count). The molecule has 4 aromatic rings. The first-order valence-corrected chi connectivity index (χ1v) is 26.6. The number of nitrogen functional groups attached to an aromatic ring is 1. The fourth-order valence-corrected chi connectivity index (χ4v) is 10.1. The number of fused-ring (bicyclic) bond motifs is 1. The summed E-state index contributed by atoms with van der Waals surface area (Å²) in [5.41, 5.74) is 5.04. The van der Waals surface area contributed by atoms with E-state index in [1.165, 1.54) is 81.5 Å². The predicted molar refractivity (Wildman–Crippen MR) is 263 cm³/mol. The lowest BCUT2D eigenvalue weighted by molar-refractivity contribution is -0.158. The highest BCUT2D eigenvalue weighted by molar-refractivity contribution is 7.52. The van der Waals surface area contributed by atoms with E-state index < -0.39 is 56.3 Å². The van der Waals surface area contributed by atoms with Gasteiger partial charge in [-0.2, -0.15) is 19.4 Å². The number of anilines is 1. The van der Waals surface area contributed by atoms with Gasteiger partial charge in [0.15, 0.2) is 22.6 Å². The molecule has 1 saturated heterocycles. The number of nitrogens with two attached hydrogens (primary N) is 1. The summed E-state index contributed by atoms with van der Waals surface area (Å²) in [7, 11) is -4.58. The summed E-state index contributed by atoms with van der Waals surface area (Å²) in [6.45, 7) is 5.65. The van der Waals surface area contributed by atoms with E-state index in [4.69, 9.17) is 35.4 Å². The molecule has 5 atom stereocenters. The molecule has 0 spiro atoms. The molecule has 14 nitrogen and oxygen atoms in total. The number of terminal acetylenes is 1. The van der Waals surface area contributed by atoms with Crippen molar-refractivity contribution < 1.29 is 41.8 Å². The quantitative estimate of drug-likeness (QED) is 0.0152. The van der Waals surface area contributed by atoms with Crippen molar-refractivity contribution in [3.63, 3.8) is 0 Å². The first-order valence-electron chi connectivity index (χ1n) is 25.0. The number of hydrogen-bond acceptors (Lipinski definition) is 12. The van der Waals surface area contributed by atoms with E-state index in [-0.39, 0.29) is 48.1 Å². The number of imidazole rings is 1. The number of unbranched alkanes of at least 4 members (excludes halogenated alkanes) is 14. The van der Waals surface area contributed by atoms with E-state index >= 15 is 4.57 Å². The van der Waals surface area contributed by atoms with Gasteiger partial charge in [0.2, 0.25) is 0 Å². The van der Waals surface area contributed by atoms with E-state index in [2.05, 4.69) is 32.9 Å². The summed E-state index contributed by atoms with van der Waals surface area (Å²) < 4.78 is 62.2. The van der Waals surface area contributed by atoms with Crippen molar-refractivity contribution in [2.24, 2.45) is 0 Å². The van der Waals surface area contributed by atoms with Crippen molar-refractivity contribution in [3.8, 4) is 18.1 Å². The average Bonchev–Trinajstić information content (AvgIpc) is 3.92. The number of nitrogens with zero attached hydrogens (tertiary/aromatic N) is 4. The van der Waals surface area contributed by atoms with Crippen molar-refractivity contribution >= 4 is 36.7 Å². The Bertz CT molecular complexity index is 2200. The van der Waals surface area contributed by atoms with Crippen molar-refractivity contribution in [2.75, 3.05) is 12.3 Å². The van der Waals surface area contributed by atoms with Crippen molar-refractivity contribution in [2.45, 2.75) is 192 Å². The van der Waals surface area contributed by atoms with Crippen LogP contribution < -0.4 is 15.3 Å². The Balaban J connectivity index is 1.31. The number of nitrogens with one attached hydrogen (secondary N) is 1. The minimum atomic E-state index is -4.58. The summed E-state index contributed by atoms with van der Waals surface area (Å²) in [6.07, 6.45) is 25.1. The lowest BCUT2D eigenvalue weighted by Crippen LogP contribution is -2.46. The van der Waals surface area contributed by atoms with Gasteiger partial charge in [-0.3, -0.25) is 18.7 Å². The van der Waals surface area contributed by atoms with E-state index in [0.29, 0.717) is 19.3 Å². The standard InChI is InChI=1S/C52H74FN6O8P/c1-5-9-10-11-12-13-14-15-16-17-18-19-20-21-28-35-46(60)65-44-37-45(59-39-55-47-48(54)56-51(53)57-49(47)59)66-52(44,8-4)38-63-68(62,67-42-33-26-23-27-34-42)58-43(36-40-31-24-22-25-32-40)50(61)64-41(29-6-2)30-7-3/h4,22-27,31-34,39,41,43-45H,5-7,9-21,28-30,35-38H2,1-3H3,(H,58,62)(H2,54,56,57)/t43?,44-,45+,52+,68-/m0/s1. The predicted octanol–water partition coefficient (Wildman–Crippen LogP) is 11.9. The SMILES string of the molecule is C#C[C@]1(CO[P@@](=O)(NC(Cc2ccccc2)C(=O)OC(CCC)CCC)Oc2ccccc2)O[C@@H](n2cnc3c(N)nc(F)nc32)C[C@@H]1OC(=O)CCCCCCCCCCCCCCCCC. The van der Waals surface area contributed by atoms with Gasteiger partial charge < -0.3 is 24.5 Å². The van der Waals surface area contributed by atoms with E-state index in [9.17, 15) is 14.0 Å². The first kappa shape index (κ1) is 54.1. The third kappa shape index (κ3) is 17.0. The molecular formula is C52H74FN6O8P. The molecular weight excluding hydrogens is 887 g/mol. The zero-order valence-electron chi connectivity index (χ0n) is 40.5. The molecule has 0 bridgehead atoms. The molecule has 2 aromatic heterocycles. The van der Waals surface area contributed by atoms with Crippen molar-refractivity contribution in [1.82, 2.24) is 24.6 Å². The molecule has 16 heteroatoms. The molecule has 1 aliphatic rings. The normalized spacial score (nSPS) is 18.3. The molecule has 0 amide bonds. The molecule has 0 aliphatic carbocycles. The number of carbonyl (C=O) groups excluding carboxylic acids is 2. The molecule has 3 N–H and O–H groups in total. The number of esters is 2. The third-order valence-corrected chi connectivity index (χ3v) is 13.9. The van der Waals surface area contributed by atoms with Gasteiger partial charge in [-0.15, -0.1) is 6.42 Å². The summed E-state index contributed by atoms with van der Waals surface area (Å²) in [6, 6.07) is 16.4. The molecule has 1 fully saturated rings. The number of carbonyl (C=O) groups is 2. The molecule has 0 saturated carbocycles. The van der Waals surface area contributed by atoms with Crippen LogP contribution in [0.4, 0.5) is 10.2 Å². The van der Waals surface area contributed by atoms with Crippen LogP contribution in [-0.4, -0.2) is 61.9 Å². The zero-order chi connectivity index (χ0) is 48.6. The number of aromatic nitrogens is 4. The van der Waals surface area contributed by atoms with Gasteiger partial charge in [-0.1, -0.05) is 178 Å². The molecule has 68 heavy (non-hydrogen) atoms. The van der Waals surface area contributed by atoms with Crippen LogP contribution in [0.25, 0.3) is 11.2 Å². The van der Waals surface area contributed by atoms with Gasteiger partial charge in [0.25, 0.3) is 0 Å². The fraction of sp³-hybridized carbons (Fsp3) is 0.596. The Morgan fingerprint density at radius 1 is 0.882 bits per heavy atom. The second-order valence-corrected chi connectivity index (χ2v) is 19.6. The Morgan fingerprint density at radius 2 is 1.47 bits per heavy atom. The van der Waals surface area contributed by atoms with Gasteiger partial charge in [0, 0.05) is 12.8 Å². The van der Waals surface area contributed by atoms with Crippen LogP contribution >= 0.6 is 7.75 Å². The smallest absolute Gasteiger partial charge is 0.459 e. The fourth-order valence-electron chi connectivity index (χ4n) is 8.60. The van der Waals surface area contributed by atoms with Crippen LogP contribution in [0.1, 0.15) is 167 Å². The monoisotopic (exact) mass is 961 g/mol. The van der Waals surface area contributed by atoms with Gasteiger partial charge in [0.05, 0.1) is 6.33 Å². The number of halogens is 1. The van der Waals surface area contributed by atoms with Gasteiger partial charge in [-0.05, 0) is 43.4 Å². The number of ether oxygens (including phenoxy) is 3. The largest absolute Gasteiger partial charge is 0.461 e. The maximum Gasteiger partial charge on any atom is 0.459 e. The lowest BCUT2D eigenvalue weighted by atomic mass is 9.98. The number of rotatable bonds is 33. The molecule has 1 unspecified atom stereocenters. The highest BCUT2D eigenvalue weighted by Gasteiger charge is 2.53. The van der Waals surface area contributed by atoms with Gasteiger partial charge in [-0.25, -0.2) is 9.55 Å². The van der Waals surface area contributed by atoms with E-state index in [1.807, 2.05) is 44.2 Å². The summed E-state index contributed by atoms with van der Waals surface area (Å²) in [4.78, 5) is 39.5. The number of benzene rings is 2. The maximum atomic E-state index is 15.2. The number of hydrogen-bond donors (Lipinski definition) is 2. The minimum absolute atomic E-state index is 0.0306. The summed E-state index contributed by atoms with van der Waals surface area (Å²) in [5, 5.41) is 2.90. The average molecular weight is 961 g/mol. The van der Waals surface area contributed by atoms with Gasteiger partial charge in [0.1, 0.15) is 36.8 Å². The van der Waals surface area contributed by atoms with E-state index in [0.717, 1.165) is 37.7 Å². The molecule has 1 aliphatic heterocycles. The second-order valence-electron chi connectivity index (χ2n) is 17.9. The van der Waals surface area contributed by atoms with Crippen LogP contribution in [-0.2, 0) is 39.3 Å². The molecule has 0 radical (unpaired) electrons. The second kappa shape index (κ2) is 28.6. The van der Waals surface area contributed by atoms with Crippen LogP contribution in [0.3, 0.4) is 0 Å². The number of para-hydroxylation sites is 1. The third-order valence-electron chi connectivity index (χ3n) is 12.3. The van der Waals surface area contributed by atoms with Crippen LogP contribution in [0.5, 0.6) is 5.75 Å². The van der Waals surface area contributed by atoms with Crippen molar-refractivity contribution in [1.29, 1.82) is 0 Å². The van der Waals surface area contributed by atoms with E-state index in [1.54, 1.807) is 30.3 Å². The summed E-state index contributed by atoms with van der Waals surface area (Å²) in [5.74, 6) is 1.52. The van der Waals surface area contributed by atoms with Crippen molar-refractivity contribution in [3.05, 3.63) is 78.6 Å². The maximum absolute atomic E-state index is 15.2.